The van der Waals surface area contributed by atoms with Crippen LogP contribution < -0.4 is 15.8 Å². The van der Waals surface area contributed by atoms with Gasteiger partial charge in [-0.15, -0.1) is 0 Å². The summed E-state index contributed by atoms with van der Waals surface area (Å²) in [7, 11) is 1.67. The molecule has 1 aliphatic rings. The summed E-state index contributed by atoms with van der Waals surface area (Å²) in [5.74, 6) is 1.35. The van der Waals surface area contributed by atoms with Crippen LogP contribution in [0, 0.1) is 6.92 Å². The van der Waals surface area contributed by atoms with Gasteiger partial charge in [0, 0.05) is 19.6 Å². The summed E-state index contributed by atoms with van der Waals surface area (Å²) in [6, 6.07) is 6.08. The van der Waals surface area contributed by atoms with Crippen LogP contribution in [0.15, 0.2) is 23.2 Å². The van der Waals surface area contributed by atoms with Crippen molar-refractivity contribution in [3.63, 3.8) is 0 Å². The number of nitrogens with zero attached hydrogens (tertiary/aromatic N) is 2. The first-order valence-electron chi connectivity index (χ1n) is 8.16. The quantitative estimate of drug-likeness (QED) is 0.448. The molecule has 2 rings (SSSR count). The normalized spacial score (nSPS) is 16.3. The maximum absolute atomic E-state index is 5.92. The number of ether oxygens (including phenoxy) is 2. The average Bonchev–Trinajstić information content (AvgIpc) is 2.57. The summed E-state index contributed by atoms with van der Waals surface area (Å²) < 4.78 is 10.6. The molecule has 3 N–H and O–H groups in total. The zero-order valence-electron chi connectivity index (χ0n) is 14.2. The van der Waals surface area contributed by atoms with E-state index < -0.39 is 0 Å². The van der Waals surface area contributed by atoms with Crippen molar-refractivity contribution < 1.29 is 9.47 Å². The van der Waals surface area contributed by atoms with Gasteiger partial charge in [-0.2, -0.15) is 0 Å². The molecule has 23 heavy (non-hydrogen) atoms. The molecule has 0 amide bonds. The second kappa shape index (κ2) is 9.37. The lowest BCUT2D eigenvalue weighted by atomic mass is 10.1. The molecule has 0 unspecified atom stereocenters. The molecular weight excluding hydrogens is 292 g/mol. The van der Waals surface area contributed by atoms with E-state index in [4.69, 9.17) is 15.2 Å². The largest absolute Gasteiger partial charge is 0.497 e. The first kappa shape index (κ1) is 17.6. The highest BCUT2D eigenvalue weighted by atomic mass is 16.5. The third-order valence-electron chi connectivity index (χ3n) is 3.84. The van der Waals surface area contributed by atoms with Crippen LogP contribution >= 0.6 is 0 Å². The number of morpholine rings is 1. The summed E-state index contributed by atoms with van der Waals surface area (Å²) in [6.45, 7) is 8.25. The fraction of sp³-hybridized carbons (Fsp3) is 0.588. The smallest absolute Gasteiger partial charge is 0.188 e. The van der Waals surface area contributed by atoms with Crippen molar-refractivity contribution in [3.8, 4) is 5.75 Å². The molecule has 1 fully saturated rings. The lowest BCUT2D eigenvalue weighted by Crippen LogP contribution is -2.39. The van der Waals surface area contributed by atoms with Crippen molar-refractivity contribution in [3.05, 3.63) is 29.3 Å². The zero-order valence-corrected chi connectivity index (χ0v) is 14.2. The van der Waals surface area contributed by atoms with Gasteiger partial charge in [-0.25, -0.2) is 4.99 Å². The van der Waals surface area contributed by atoms with Crippen molar-refractivity contribution in [2.45, 2.75) is 19.9 Å². The summed E-state index contributed by atoms with van der Waals surface area (Å²) in [6.07, 6.45) is 1.05. The van der Waals surface area contributed by atoms with Crippen molar-refractivity contribution in [1.29, 1.82) is 0 Å². The van der Waals surface area contributed by atoms with Crippen LogP contribution in [0.5, 0.6) is 5.75 Å². The van der Waals surface area contributed by atoms with E-state index in [-0.39, 0.29) is 0 Å². The van der Waals surface area contributed by atoms with Gasteiger partial charge in [0.05, 0.1) is 26.9 Å². The highest BCUT2D eigenvalue weighted by molar-refractivity contribution is 5.77. The Kier molecular flexibility index (Phi) is 7.16. The van der Waals surface area contributed by atoms with E-state index in [0.717, 1.165) is 62.7 Å². The molecule has 0 atom stereocenters. The molecule has 0 radical (unpaired) electrons. The Morgan fingerprint density at radius 1 is 1.35 bits per heavy atom. The topological polar surface area (TPSA) is 72.1 Å². The van der Waals surface area contributed by atoms with E-state index in [0.29, 0.717) is 12.5 Å². The predicted octanol–water partition coefficient (Wildman–Crippen LogP) is 1.13. The summed E-state index contributed by atoms with van der Waals surface area (Å²) in [5.41, 5.74) is 8.18. The molecule has 6 heteroatoms. The number of nitrogens with one attached hydrogen (secondary N) is 1. The maximum atomic E-state index is 5.92. The Morgan fingerprint density at radius 3 is 2.87 bits per heavy atom. The molecule has 128 valence electrons. The van der Waals surface area contributed by atoms with Crippen LogP contribution in [0.4, 0.5) is 0 Å². The van der Waals surface area contributed by atoms with Gasteiger partial charge < -0.3 is 20.5 Å². The first-order chi connectivity index (χ1) is 11.2. The Balaban J connectivity index is 1.69. The lowest BCUT2D eigenvalue weighted by Gasteiger charge is -2.26. The van der Waals surface area contributed by atoms with E-state index in [1.807, 2.05) is 19.1 Å². The molecule has 1 heterocycles. The molecule has 1 aromatic carbocycles. The molecule has 0 spiro atoms. The molecule has 0 bridgehead atoms. The lowest BCUT2D eigenvalue weighted by molar-refractivity contribution is 0.0376. The van der Waals surface area contributed by atoms with Gasteiger partial charge in [0.25, 0.3) is 0 Å². The zero-order chi connectivity index (χ0) is 16.5. The van der Waals surface area contributed by atoms with Crippen LogP contribution in [0.1, 0.15) is 17.5 Å². The van der Waals surface area contributed by atoms with Gasteiger partial charge >= 0.3 is 0 Å². The fourth-order valence-corrected chi connectivity index (χ4v) is 2.61. The number of hydrogen-bond donors (Lipinski definition) is 2. The monoisotopic (exact) mass is 320 g/mol. The fourth-order valence-electron chi connectivity index (χ4n) is 2.61. The van der Waals surface area contributed by atoms with Gasteiger partial charge in [0.2, 0.25) is 0 Å². The van der Waals surface area contributed by atoms with Crippen molar-refractivity contribution in [2.75, 3.05) is 46.5 Å². The number of guanidine groups is 1. The third kappa shape index (κ3) is 6.46. The third-order valence-corrected chi connectivity index (χ3v) is 3.84. The Labute approximate surface area is 138 Å². The Bertz CT molecular complexity index is 513. The van der Waals surface area contributed by atoms with E-state index >= 15 is 0 Å². The number of hydrogen-bond acceptors (Lipinski definition) is 4. The van der Waals surface area contributed by atoms with Crippen LogP contribution in [0.3, 0.4) is 0 Å². The van der Waals surface area contributed by atoms with Gasteiger partial charge in [-0.05, 0) is 43.1 Å². The minimum absolute atomic E-state index is 0.493. The van der Waals surface area contributed by atoms with Crippen LogP contribution in [0.25, 0.3) is 0 Å². The molecule has 6 nitrogen and oxygen atoms in total. The number of nitrogens with two attached hydrogens (primary N) is 1. The number of rotatable bonds is 7. The van der Waals surface area contributed by atoms with Crippen LogP contribution in [0.2, 0.25) is 0 Å². The van der Waals surface area contributed by atoms with Crippen LogP contribution in [-0.4, -0.2) is 57.4 Å². The van der Waals surface area contributed by atoms with Crippen LogP contribution in [-0.2, 0) is 11.3 Å². The Hall–Kier alpha value is -1.79. The standard InChI is InChI=1S/C17H28N4O2/c1-14-10-15(12-16(11-14)22-2)13-20-17(18)19-4-3-5-21-6-8-23-9-7-21/h10-12H,3-9,13H2,1-2H3,(H3,18,19,20). The molecule has 0 aromatic heterocycles. The second-order valence-electron chi connectivity index (χ2n) is 5.79. The highest BCUT2D eigenvalue weighted by Gasteiger charge is 2.08. The predicted molar refractivity (Wildman–Crippen MR) is 92.9 cm³/mol. The Morgan fingerprint density at radius 2 is 2.13 bits per heavy atom. The van der Waals surface area contributed by atoms with Crippen molar-refractivity contribution in [1.82, 2.24) is 10.2 Å². The first-order valence-corrected chi connectivity index (χ1v) is 8.16. The van der Waals surface area contributed by atoms with Crippen molar-refractivity contribution in [2.24, 2.45) is 10.7 Å². The molecule has 0 aliphatic carbocycles. The minimum Gasteiger partial charge on any atom is -0.497 e. The molecule has 1 aromatic rings. The highest BCUT2D eigenvalue weighted by Crippen LogP contribution is 2.16. The van der Waals surface area contributed by atoms with Gasteiger partial charge in [-0.3, -0.25) is 4.90 Å². The second-order valence-corrected chi connectivity index (χ2v) is 5.79. The van der Waals surface area contributed by atoms with E-state index in [1.165, 1.54) is 0 Å². The van der Waals surface area contributed by atoms with Gasteiger partial charge in [-0.1, -0.05) is 6.07 Å². The van der Waals surface area contributed by atoms with Gasteiger partial charge in [0.1, 0.15) is 5.75 Å². The average molecular weight is 320 g/mol. The van der Waals surface area contributed by atoms with E-state index in [2.05, 4.69) is 21.3 Å². The summed E-state index contributed by atoms with van der Waals surface area (Å²) in [4.78, 5) is 6.80. The number of benzene rings is 1. The number of methoxy groups -OCH3 is 1. The summed E-state index contributed by atoms with van der Waals surface area (Å²) in [5, 5.41) is 3.17. The molecule has 1 saturated heterocycles. The minimum atomic E-state index is 0.493. The maximum Gasteiger partial charge on any atom is 0.188 e. The molecule has 0 saturated carbocycles. The van der Waals surface area contributed by atoms with E-state index in [1.54, 1.807) is 7.11 Å². The number of aliphatic imine (C=N–C) groups is 1. The SMILES string of the molecule is COc1cc(C)cc(CN=C(N)NCCCN2CCOCC2)c1. The molecular formula is C17H28N4O2. The molecule has 1 aliphatic heterocycles. The van der Waals surface area contributed by atoms with Crippen molar-refractivity contribution >= 4 is 5.96 Å². The summed E-state index contributed by atoms with van der Waals surface area (Å²) >= 11 is 0. The number of aryl methyl sites for hydroxylation is 1. The van der Waals surface area contributed by atoms with Gasteiger partial charge in [0.15, 0.2) is 5.96 Å². The van der Waals surface area contributed by atoms with E-state index in [9.17, 15) is 0 Å².